The molecule has 0 N–H and O–H groups in total. The van der Waals surface area contributed by atoms with Gasteiger partial charge in [-0.25, -0.2) is 4.79 Å². The fourth-order valence-electron chi connectivity index (χ4n) is 3.82. The first-order chi connectivity index (χ1) is 14.4. The lowest BCUT2D eigenvalue weighted by Crippen LogP contribution is -2.37. The number of carbonyl (C=O) groups excluding carboxylic acids is 1. The average molecular weight is 405 g/mol. The Morgan fingerprint density at radius 2 is 1.77 bits per heavy atom. The molecule has 1 aliphatic heterocycles. The highest BCUT2D eigenvalue weighted by Gasteiger charge is 2.41. The number of hydrogen-bond acceptors (Lipinski definition) is 5. The van der Waals surface area contributed by atoms with E-state index in [1.54, 1.807) is 4.90 Å². The van der Waals surface area contributed by atoms with Crippen molar-refractivity contribution >= 4 is 6.09 Å². The van der Waals surface area contributed by atoms with E-state index < -0.39 is 5.60 Å². The van der Waals surface area contributed by atoms with Gasteiger partial charge in [0.15, 0.2) is 5.82 Å². The largest absolute Gasteiger partial charge is 0.444 e. The lowest BCUT2D eigenvalue weighted by Gasteiger charge is -2.27. The Morgan fingerprint density at radius 3 is 2.43 bits per heavy atom. The summed E-state index contributed by atoms with van der Waals surface area (Å²) in [4.78, 5) is 19.3. The number of hydrogen-bond donors (Lipinski definition) is 0. The molecule has 156 valence electrons. The van der Waals surface area contributed by atoms with Gasteiger partial charge in [-0.3, -0.25) is 4.90 Å². The third-order valence-corrected chi connectivity index (χ3v) is 5.18. The second kappa shape index (κ2) is 8.30. The Morgan fingerprint density at radius 1 is 1.10 bits per heavy atom. The van der Waals surface area contributed by atoms with Gasteiger partial charge in [0.25, 0.3) is 0 Å². The fourth-order valence-corrected chi connectivity index (χ4v) is 3.82. The zero-order chi connectivity index (χ0) is 21.1. The number of nitrogens with zero attached hydrogens (tertiary/aromatic N) is 3. The van der Waals surface area contributed by atoms with Crippen molar-refractivity contribution in [1.29, 1.82) is 0 Å². The number of rotatable bonds is 4. The molecule has 1 amide bonds. The third-order valence-electron chi connectivity index (χ3n) is 5.18. The van der Waals surface area contributed by atoms with Crippen LogP contribution in [0.15, 0.2) is 65.2 Å². The van der Waals surface area contributed by atoms with Gasteiger partial charge in [0.2, 0.25) is 5.89 Å². The molecule has 30 heavy (non-hydrogen) atoms. The first kappa shape index (κ1) is 20.1. The molecule has 6 heteroatoms. The molecule has 1 fully saturated rings. The van der Waals surface area contributed by atoms with Crippen LogP contribution in [0.25, 0.3) is 0 Å². The summed E-state index contributed by atoms with van der Waals surface area (Å²) >= 11 is 0. The van der Waals surface area contributed by atoms with E-state index in [-0.39, 0.29) is 18.1 Å². The van der Waals surface area contributed by atoms with Crippen LogP contribution in [-0.2, 0) is 11.2 Å². The van der Waals surface area contributed by atoms with Crippen molar-refractivity contribution in [2.75, 3.05) is 6.54 Å². The molecule has 1 aliphatic rings. The Hall–Kier alpha value is -3.15. The molecule has 1 saturated heterocycles. The van der Waals surface area contributed by atoms with Gasteiger partial charge >= 0.3 is 6.09 Å². The highest BCUT2D eigenvalue weighted by atomic mass is 16.6. The minimum atomic E-state index is -0.567. The molecule has 6 nitrogen and oxygen atoms in total. The van der Waals surface area contributed by atoms with E-state index in [1.165, 1.54) is 5.56 Å². The van der Waals surface area contributed by atoms with Crippen molar-refractivity contribution in [3.8, 4) is 0 Å². The molecule has 0 radical (unpaired) electrons. The first-order valence-electron chi connectivity index (χ1n) is 10.3. The van der Waals surface area contributed by atoms with Crippen molar-refractivity contribution in [2.24, 2.45) is 0 Å². The van der Waals surface area contributed by atoms with Crippen LogP contribution in [0.5, 0.6) is 0 Å². The highest BCUT2D eigenvalue weighted by molar-refractivity contribution is 5.69. The Balaban J connectivity index is 1.57. The van der Waals surface area contributed by atoms with Crippen LogP contribution in [0, 0.1) is 0 Å². The molecule has 2 unspecified atom stereocenters. The predicted octanol–water partition coefficient (Wildman–Crippen LogP) is 5.13. The fraction of sp³-hybridized carbons (Fsp3) is 0.375. The molecule has 0 spiro atoms. The van der Waals surface area contributed by atoms with Crippen molar-refractivity contribution < 1.29 is 14.1 Å². The molecular formula is C24H27N3O3. The van der Waals surface area contributed by atoms with Crippen molar-refractivity contribution in [3.63, 3.8) is 0 Å². The van der Waals surface area contributed by atoms with E-state index in [4.69, 9.17) is 9.26 Å². The van der Waals surface area contributed by atoms with Gasteiger partial charge in [-0.2, -0.15) is 4.98 Å². The standard InChI is InChI=1S/C24H27N3O3/c1-24(2,3)29-23(28)27-16-19(18-12-8-5-9-13-18)15-20(27)22-25-21(30-26-22)14-17-10-6-4-7-11-17/h4-13,19-20H,14-16H2,1-3H3. The minimum Gasteiger partial charge on any atom is -0.444 e. The second-order valence-electron chi connectivity index (χ2n) is 8.70. The zero-order valence-electron chi connectivity index (χ0n) is 17.6. The number of carbonyl (C=O) groups is 1. The SMILES string of the molecule is CC(C)(C)OC(=O)N1CC(c2ccccc2)CC1c1noc(Cc2ccccc2)n1. The number of amides is 1. The maximum atomic E-state index is 12.9. The summed E-state index contributed by atoms with van der Waals surface area (Å²) in [6.45, 7) is 6.18. The Kier molecular flexibility index (Phi) is 5.57. The summed E-state index contributed by atoms with van der Waals surface area (Å²) in [7, 11) is 0. The van der Waals surface area contributed by atoms with Gasteiger partial charge < -0.3 is 9.26 Å². The van der Waals surface area contributed by atoms with Crippen LogP contribution < -0.4 is 0 Å². The van der Waals surface area contributed by atoms with Crippen molar-refractivity contribution in [2.45, 2.75) is 51.2 Å². The van der Waals surface area contributed by atoms with Gasteiger partial charge in [-0.1, -0.05) is 65.8 Å². The topological polar surface area (TPSA) is 68.5 Å². The summed E-state index contributed by atoms with van der Waals surface area (Å²) in [6, 6.07) is 19.9. The Labute approximate surface area is 176 Å². The van der Waals surface area contributed by atoms with Crippen LogP contribution in [0.2, 0.25) is 0 Å². The van der Waals surface area contributed by atoms with E-state index in [9.17, 15) is 4.79 Å². The van der Waals surface area contributed by atoms with E-state index >= 15 is 0 Å². The smallest absolute Gasteiger partial charge is 0.410 e. The summed E-state index contributed by atoms with van der Waals surface area (Å²) in [6.07, 6.45) is 0.947. The number of aromatic nitrogens is 2. The summed E-state index contributed by atoms with van der Waals surface area (Å²) in [5, 5.41) is 4.22. The summed E-state index contributed by atoms with van der Waals surface area (Å²) in [5.41, 5.74) is 1.73. The molecule has 2 heterocycles. The van der Waals surface area contributed by atoms with Crippen LogP contribution >= 0.6 is 0 Å². The van der Waals surface area contributed by atoms with Crippen LogP contribution in [-0.4, -0.2) is 33.3 Å². The molecule has 2 atom stereocenters. The van der Waals surface area contributed by atoms with E-state index in [0.717, 1.165) is 12.0 Å². The summed E-state index contributed by atoms with van der Waals surface area (Å²) in [5.74, 6) is 1.27. The molecule has 0 aliphatic carbocycles. The predicted molar refractivity (Wildman–Crippen MR) is 113 cm³/mol. The van der Waals surface area contributed by atoms with Crippen LogP contribution in [0.3, 0.4) is 0 Å². The van der Waals surface area contributed by atoms with Crippen molar-refractivity contribution in [3.05, 3.63) is 83.5 Å². The van der Waals surface area contributed by atoms with Gasteiger partial charge in [0, 0.05) is 12.5 Å². The Bertz CT molecular complexity index is 980. The molecule has 2 aromatic carbocycles. The first-order valence-corrected chi connectivity index (χ1v) is 10.3. The lowest BCUT2D eigenvalue weighted by atomic mass is 9.96. The molecule has 1 aromatic heterocycles. The number of likely N-dealkylation sites (tertiary alicyclic amines) is 1. The van der Waals surface area contributed by atoms with Crippen LogP contribution in [0.4, 0.5) is 4.79 Å². The second-order valence-corrected chi connectivity index (χ2v) is 8.70. The van der Waals surface area contributed by atoms with Crippen molar-refractivity contribution in [1.82, 2.24) is 15.0 Å². The van der Waals surface area contributed by atoms with Gasteiger partial charge in [0.05, 0.1) is 12.5 Å². The monoisotopic (exact) mass is 405 g/mol. The van der Waals surface area contributed by atoms with E-state index in [0.29, 0.717) is 24.7 Å². The quantitative estimate of drug-likeness (QED) is 0.602. The zero-order valence-corrected chi connectivity index (χ0v) is 17.6. The normalized spacial score (nSPS) is 19.1. The van der Waals surface area contributed by atoms with Gasteiger partial charge in [-0.15, -0.1) is 0 Å². The molecule has 0 saturated carbocycles. The maximum Gasteiger partial charge on any atom is 0.410 e. The average Bonchev–Trinajstić information content (AvgIpc) is 3.35. The van der Waals surface area contributed by atoms with E-state index in [1.807, 2.05) is 69.3 Å². The summed E-state index contributed by atoms with van der Waals surface area (Å²) < 4.78 is 11.2. The van der Waals surface area contributed by atoms with Gasteiger partial charge in [0.1, 0.15) is 5.60 Å². The molecule has 3 aromatic rings. The highest BCUT2D eigenvalue weighted by Crippen LogP contribution is 2.40. The van der Waals surface area contributed by atoms with Gasteiger partial charge in [-0.05, 0) is 38.3 Å². The lowest BCUT2D eigenvalue weighted by molar-refractivity contribution is 0.0215. The van der Waals surface area contributed by atoms with Crippen LogP contribution in [0.1, 0.15) is 62.0 Å². The number of ether oxygens (including phenoxy) is 1. The molecular weight excluding hydrogens is 378 g/mol. The molecule has 0 bridgehead atoms. The maximum absolute atomic E-state index is 12.9. The third kappa shape index (κ3) is 4.70. The molecule has 4 rings (SSSR count). The minimum absolute atomic E-state index is 0.194. The number of benzene rings is 2. The van der Waals surface area contributed by atoms with E-state index in [2.05, 4.69) is 22.3 Å².